The molecule has 0 atom stereocenters. The Balaban J connectivity index is 1.85. The fraction of sp³-hybridized carbons (Fsp3) is 0. The molecule has 3 aromatic carbocycles. The lowest BCUT2D eigenvalue weighted by Crippen LogP contribution is -1.87. The zero-order valence-electron chi connectivity index (χ0n) is 13.4. The second-order valence-corrected chi connectivity index (χ2v) is 6.97. The molecule has 0 unspecified atom stereocenters. The molecular weight excluding hydrogens is 344 g/mol. The fourth-order valence-electron chi connectivity index (χ4n) is 2.76. The number of thiophene rings is 1. The minimum atomic E-state index is 0.764. The third kappa shape index (κ3) is 3.34. The van der Waals surface area contributed by atoms with Crippen LogP contribution in [-0.4, -0.2) is 0 Å². The maximum absolute atomic E-state index is 6.23. The fourth-order valence-corrected chi connectivity index (χ4v) is 3.96. The van der Waals surface area contributed by atoms with Crippen molar-refractivity contribution in [2.45, 2.75) is 4.90 Å². The Labute approximate surface area is 157 Å². The van der Waals surface area contributed by atoms with Crippen LogP contribution in [0.25, 0.3) is 21.6 Å². The van der Waals surface area contributed by atoms with E-state index in [1.165, 1.54) is 10.4 Å². The first-order valence-corrected chi connectivity index (χ1v) is 9.34. The van der Waals surface area contributed by atoms with Crippen molar-refractivity contribution in [1.29, 1.82) is 0 Å². The Morgan fingerprint density at radius 3 is 1.92 bits per heavy atom. The van der Waals surface area contributed by atoms with Crippen LogP contribution in [-0.2, 0) is 0 Å². The van der Waals surface area contributed by atoms with Gasteiger partial charge in [0, 0.05) is 20.7 Å². The lowest BCUT2D eigenvalue weighted by molar-refractivity contribution is 0.475. The molecule has 0 saturated carbocycles. The third-order valence-corrected chi connectivity index (χ3v) is 5.32. The van der Waals surface area contributed by atoms with Gasteiger partial charge in [0.15, 0.2) is 0 Å². The van der Waals surface area contributed by atoms with Crippen molar-refractivity contribution in [3.63, 3.8) is 0 Å². The van der Waals surface area contributed by atoms with E-state index in [1.807, 2.05) is 36.4 Å². The van der Waals surface area contributed by atoms with Gasteiger partial charge >= 0.3 is 0 Å². The summed E-state index contributed by atoms with van der Waals surface area (Å²) in [4.78, 5) is 2.03. The summed E-state index contributed by atoms with van der Waals surface area (Å²) in [5.41, 5.74) is 3.46. The topological polar surface area (TPSA) is 9.23 Å². The van der Waals surface area contributed by atoms with Crippen molar-refractivity contribution in [1.82, 2.24) is 0 Å². The van der Waals surface area contributed by atoms with Crippen LogP contribution in [0.4, 0.5) is 0 Å². The highest BCUT2D eigenvalue weighted by molar-refractivity contribution is 7.80. The van der Waals surface area contributed by atoms with E-state index < -0.39 is 0 Å². The molecule has 0 bridgehead atoms. The van der Waals surface area contributed by atoms with E-state index in [-0.39, 0.29) is 0 Å². The Hall–Kier alpha value is -2.49. The summed E-state index contributed by atoms with van der Waals surface area (Å²) >= 11 is 6.20. The number of rotatable bonds is 4. The van der Waals surface area contributed by atoms with Gasteiger partial charge in [0.1, 0.15) is 11.5 Å². The minimum absolute atomic E-state index is 0.764. The number of thiol groups is 1. The summed E-state index contributed by atoms with van der Waals surface area (Å²) in [6.45, 7) is 0. The molecule has 0 N–H and O–H groups in total. The molecule has 4 aromatic rings. The van der Waals surface area contributed by atoms with E-state index in [4.69, 9.17) is 4.74 Å². The predicted molar refractivity (Wildman–Crippen MR) is 109 cm³/mol. The molecule has 25 heavy (non-hydrogen) atoms. The van der Waals surface area contributed by atoms with E-state index in [0.29, 0.717) is 0 Å². The quantitative estimate of drug-likeness (QED) is 0.380. The van der Waals surface area contributed by atoms with Crippen LogP contribution in [0.15, 0.2) is 95.2 Å². The van der Waals surface area contributed by atoms with Crippen molar-refractivity contribution in [2.75, 3.05) is 0 Å². The van der Waals surface area contributed by atoms with E-state index in [2.05, 4.69) is 66.5 Å². The van der Waals surface area contributed by atoms with E-state index in [0.717, 1.165) is 27.5 Å². The first-order valence-electron chi connectivity index (χ1n) is 8.01. The Kier molecular flexibility index (Phi) is 4.59. The Bertz CT molecular complexity index is 975. The Morgan fingerprint density at radius 1 is 0.640 bits per heavy atom. The standard InChI is InChI=1S/C22H16OS2/c24-20-14-8-7-13-18(20)23-19-15-25-22(17-11-5-2-6-12-17)21(19)16-9-3-1-4-10-16/h1-15,24H. The molecule has 0 aliphatic carbocycles. The summed E-state index contributed by atoms with van der Waals surface area (Å²) in [6, 6.07) is 28.6. The van der Waals surface area contributed by atoms with Crippen molar-refractivity contribution in [3.05, 3.63) is 90.3 Å². The van der Waals surface area contributed by atoms with E-state index in [9.17, 15) is 0 Å². The van der Waals surface area contributed by atoms with Gasteiger partial charge in [0.2, 0.25) is 0 Å². The normalized spacial score (nSPS) is 10.6. The van der Waals surface area contributed by atoms with Gasteiger partial charge in [-0.2, -0.15) is 0 Å². The van der Waals surface area contributed by atoms with Gasteiger partial charge in [0.25, 0.3) is 0 Å². The SMILES string of the molecule is Sc1ccccc1Oc1csc(-c2ccccc2)c1-c1ccccc1. The average Bonchev–Trinajstić information content (AvgIpc) is 3.09. The second kappa shape index (κ2) is 7.18. The minimum Gasteiger partial charge on any atom is -0.455 e. The highest BCUT2D eigenvalue weighted by Gasteiger charge is 2.17. The second-order valence-electron chi connectivity index (χ2n) is 5.61. The van der Waals surface area contributed by atoms with E-state index >= 15 is 0 Å². The molecule has 1 heterocycles. The summed E-state index contributed by atoms with van der Waals surface area (Å²) in [7, 11) is 0. The van der Waals surface area contributed by atoms with Gasteiger partial charge in [-0.05, 0) is 23.3 Å². The summed E-state index contributed by atoms with van der Waals surface area (Å²) in [6.07, 6.45) is 0. The predicted octanol–water partition coefficient (Wildman–Crippen LogP) is 7.16. The molecule has 1 nitrogen and oxygen atoms in total. The molecule has 3 heteroatoms. The first-order chi connectivity index (χ1) is 12.3. The molecule has 1 aromatic heterocycles. The third-order valence-electron chi connectivity index (χ3n) is 3.94. The summed E-state index contributed by atoms with van der Waals surface area (Å²) < 4.78 is 6.23. The van der Waals surface area contributed by atoms with Gasteiger partial charge in [-0.3, -0.25) is 0 Å². The monoisotopic (exact) mass is 360 g/mol. The lowest BCUT2D eigenvalue weighted by atomic mass is 10.0. The van der Waals surface area contributed by atoms with Crippen molar-refractivity contribution < 1.29 is 4.74 Å². The van der Waals surface area contributed by atoms with Gasteiger partial charge < -0.3 is 4.74 Å². The molecule has 0 saturated heterocycles. The lowest BCUT2D eigenvalue weighted by Gasteiger charge is -2.11. The molecule has 122 valence electrons. The molecule has 0 amide bonds. The number of para-hydroxylation sites is 1. The van der Waals surface area contributed by atoms with Crippen LogP contribution in [0, 0.1) is 0 Å². The van der Waals surface area contributed by atoms with Gasteiger partial charge in [-0.15, -0.1) is 24.0 Å². The molecular formula is C22H16OS2. The van der Waals surface area contributed by atoms with Crippen LogP contribution >= 0.6 is 24.0 Å². The van der Waals surface area contributed by atoms with Gasteiger partial charge in [-0.25, -0.2) is 0 Å². The van der Waals surface area contributed by atoms with Crippen molar-refractivity contribution in [2.24, 2.45) is 0 Å². The summed E-state index contributed by atoms with van der Waals surface area (Å²) in [5, 5.41) is 2.07. The molecule has 0 aliphatic rings. The molecule has 0 spiro atoms. The number of hydrogen-bond acceptors (Lipinski definition) is 3. The maximum atomic E-state index is 6.23. The highest BCUT2D eigenvalue weighted by Crippen LogP contribution is 2.46. The van der Waals surface area contributed by atoms with Crippen LogP contribution in [0.2, 0.25) is 0 Å². The van der Waals surface area contributed by atoms with Crippen LogP contribution in [0.1, 0.15) is 0 Å². The van der Waals surface area contributed by atoms with Gasteiger partial charge in [-0.1, -0.05) is 72.8 Å². The largest absolute Gasteiger partial charge is 0.455 e. The maximum Gasteiger partial charge on any atom is 0.146 e. The summed E-state index contributed by atoms with van der Waals surface area (Å²) in [5.74, 6) is 1.62. The average molecular weight is 361 g/mol. The van der Waals surface area contributed by atoms with E-state index in [1.54, 1.807) is 11.3 Å². The number of hydrogen-bond donors (Lipinski definition) is 1. The Morgan fingerprint density at radius 2 is 1.24 bits per heavy atom. The van der Waals surface area contributed by atoms with Crippen LogP contribution in [0.5, 0.6) is 11.5 Å². The molecule has 0 radical (unpaired) electrons. The van der Waals surface area contributed by atoms with Crippen LogP contribution < -0.4 is 4.74 Å². The van der Waals surface area contributed by atoms with Crippen LogP contribution in [0.3, 0.4) is 0 Å². The first kappa shape index (κ1) is 16.0. The molecule has 0 aliphatic heterocycles. The number of benzene rings is 3. The van der Waals surface area contributed by atoms with Crippen molar-refractivity contribution in [3.8, 4) is 33.1 Å². The smallest absolute Gasteiger partial charge is 0.146 e. The zero-order chi connectivity index (χ0) is 17.1. The van der Waals surface area contributed by atoms with Crippen molar-refractivity contribution >= 4 is 24.0 Å². The number of ether oxygens (including phenoxy) is 1. The zero-order valence-corrected chi connectivity index (χ0v) is 15.1. The van der Waals surface area contributed by atoms with Gasteiger partial charge in [0.05, 0.1) is 0 Å². The molecule has 4 rings (SSSR count). The molecule has 0 fully saturated rings. The highest BCUT2D eigenvalue weighted by atomic mass is 32.1.